The first kappa shape index (κ1) is 19.1. The topological polar surface area (TPSA) is 60.7 Å². The number of thiazole rings is 1. The predicted octanol–water partition coefficient (Wildman–Crippen LogP) is 4.69. The molecule has 0 aliphatic heterocycles. The van der Waals surface area contributed by atoms with Gasteiger partial charge in [0, 0.05) is 22.7 Å². The van der Waals surface area contributed by atoms with Crippen molar-refractivity contribution in [2.45, 2.75) is 6.61 Å². The van der Waals surface area contributed by atoms with Gasteiger partial charge in [0.05, 0.1) is 11.3 Å². The molecule has 4 rings (SSSR count). The van der Waals surface area contributed by atoms with Crippen molar-refractivity contribution in [1.29, 1.82) is 0 Å². The summed E-state index contributed by atoms with van der Waals surface area (Å²) in [7, 11) is 0. The molecule has 0 saturated heterocycles. The zero-order valence-corrected chi connectivity index (χ0v) is 16.7. The SMILES string of the molecule is O=C(OCc1cc(=O)n2ccsc2n1)/C(=C/c1ccccc1)c1ccc(Cl)cc1. The van der Waals surface area contributed by atoms with Gasteiger partial charge in [0.15, 0.2) is 4.96 Å². The molecule has 5 nitrogen and oxygen atoms in total. The maximum Gasteiger partial charge on any atom is 0.339 e. The molecule has 0 atom stereocenters. The highest BCUT2D eigenvalue weighted by Crippen LogP contribution is 2.22. The van der Waals surface area contributed by atoms with Crippen LogP contribution < -0.4 is 5.56 Å². The summed E-state index contributed by atoms with van der Waals surface area (Å²) in [6.07, 6.45) is 3.42. The van der Waals surface area contributed by atoms with Gasteiger partial charge < -0.3 is 4.74 Å². The zero-order chi connectivity index (χ0) is 20.2. The Bertz CT molecular complexity index is 1240. The second kappa shape index (κ2) is 8.43. The normalized spacial score (nSPS) is 11.6. The minimum absolute atomic E-state index is 0.0950. The van der Waals surface area contributed by atoms with Crippen LogP contribution in [0.2, 0.25) is 5.02 Å². The Hall–Kier alpha value is -3.22. The molecular weight excluding hydrogens is 408 g/mol. The fraction of sp³-hybridized carbons (Fsp3) is 0.0455. The van der Waals surface area contributed by atoms with Crippen molar-refractivity contribution < 1.29 is 9.53 Å². The lowest BCUT2D eigenvalue weighted by Gasteiger charge is -2.09. The number of hydrogen-bond donors (Lipinski definition) is 0. The summed E-state index contributed by atoms with van der Waals surface area (Å²) >= 11 is 7.32. The Labute approximate surface area is 175 Å². The molecule has 0 N–H and O–H groups in total. The maximum absolute atomic E-state index is 12.9. The number of halogens is 1. The third-order valence-corrected chi connectivity index (χ3v) is 5.20. The lowest BCUT2D eigenvalue weighted by Crippen LogP contribution is -2.15. The Balaban J connectivity index is 1.61. The number of benzene rings is 2. The summed E-state index contributed by atoms with van der Waals surface area (Å²) in [5.41, 5.74) is 2.14. The van der Waals surface area contributed by atoms with Gasteiger partial charge in [0.2, 0.25) is 0 Å². The number of hydrogen-bond acceptors (Lipinski definition) is 5. The molecular formula is C22H15ClN2O3S. The number of carbonyl (C=O) groups excluding carboxylic acids is 1. The molecule has 4 aromatic rings. The van der Waals surface area contributed by atoms with Crippen LogP contribution in [0.5, 0.6) is 0 Å². The average molecular weight is 423 g/mol. The van der Waals surface area contributed by atoms with E-state index in [-0.39, 0.29) is 12.2 Å². The van der Waals surface area contributed by atoms with Gasteiger partial charge in [0.25, 0.3) is 5.56 Å². The smallest absolute Gasteiger partial charge is 0.339 e. The van der Waals surface area contributed by atoms with E-state index in [4.69, 9.17) is 16.3 Å². The number of fused-ring (bicyclic) bond motifs is 1. The third kappa shape index (κ3) is 4.45. The maximum atomic E-state index is 12.9. The molecule has 0 saturated carbocycles. The van der Waals surface area contributed by atoms with Gasteiger partial charge >= 0.3 is 5.97 Å². The largest absolute Gasteiger partial charge is 0.456 e. The number of rotatable bonds is 5. The van der Waals surface area contributed by atoms with E-state index in [0.717, 1.165) is 5.56 Å². The van der Waals surface area contributed by atoms with E-state index in [1.807, 2.05) is 30.3 Å². The second-order valence-corrected chi connectivity index (χ2v) is 7.50. The minimum Gasteiger partial charge on any atom is -0.456 e. The number of esters is 1. The highest BCUT2D eigenvalue weighted by atomic mass is 35.5. The average Bonchev–Trinajstić information content (AvgIpc) is 3.21. The van der Waals surface area contributed by atoms with Gasteiger partial charge in [-0.25, -0.2) is 9.78 Å². The van der Waals surface area contributed by atoms with Crippen LogP contribution in [0.3, 0.4) is 0 Å². The monoisotopic (exact) mass is 422 g/mol. The summed E-state index contributed by atoms with van der Waals surface area (Å²) < 4.78 is 6.93. The fourth-order valence-electron chi connectivity index (χ4n) is 2.78. The zero-order valence-electron chi connectivity index (χ0n) is 15.1. The molecule has 0 amide bonds. The summed E-state index contributed by atoms with van der Waals surface area (Å²) in [6.45, 7) is -0.0950. The molecule has 0 aliphatic carbocycles. The molecule has 7 heteroatoms. The molecule has 144 valence electrons. The third-order valence-electron chi connectivity index (χ3n) is 4.19. The Morgan fingerprint density at radius 1 is 1.14 bits per heavy atom. The molecule has 2 heterocycles. The van der Waals surface area contributed by atoms with Crippen LogP contribution in [-0.2, 0) is 16.1 Å². The van der Waals surface area contributed by atoms with Crippen molar-refractivity contribution in [3.05, 3.63) is 104 Å². The number of aromatic nitrogens is 2. The van der Waals surface area contributed by atoms with Crippen molar-refractivity contribution in [3.63, 3.8) is 0 Å². The first-order valence-corrected chi connectivity index (χ1v) is 10.0. The van der Waals surface area contributed by atoms with Crippen molar-refractivity contribution >= 4 is 45.5 Å². The Kier molecular flexibility index (Phi) is 5.55. The van der Waals surface area contributed by atoms with E-state index in [2.05, 4.69) is 4.98 Å². The van der Waals surface area contributed by atoms with Crippen molar-refractivity contribution in [3.8, 4) is 0 Å². The van der Waals surface area contributed by atoms with Crippen LogP contribution in [0, 0.1) is 0 Å². The van der Waals surface area contributed by atoms with Gasteiger partial charge in [-0.3, -0.25) is 9.20 Å². The number of ether oxygens (including phenoxy) is 1. The minimum atomic E-state index is -0.510. The quantitative estimate of drug-likeness (QED) is 0.266. The second-order valence-electron chi connectivity index (χ2n) is 6.19. The van der Waals surface area contributed by atoms with E-state index < -0.39 is 5.97 Å². The number of carbonyl (C=O) groups is 1. The molecule has 0 fully saturated rings. The Morgan fingerprint density at radius 2 is 1.90 bits per heavy atom. The summed E-state index contributed by atoms with van der Waals surface area (Å²) in [5, 5.41) is 2.36. The molecule has 0 aliphatic rings. The van der Waals surface area contributed by atoms with Gasteiger partial charge in [-0.05, 0) is 29.3 Å². The lowest BCUT2D eigenvalue weighted by molar-refractivity contribution is -0.137. The van der Waals surface area contributed by atoms with Gasteiger partial charge in [-0.2, -0.15) is 0 Å². The van der Waals surface area contributed by atoms with E-state index >= 15 is 0 Å². The molecule has 0 bridgehead atoms. The Morgan fingerprint density at radius 3 is 2.66 bits per heavy atom. The first-order chi connectivity index (χ1) is 14.1. The van der Waals surface area contributed by atoms with Crippen LogP contribution in [0.1, 0.15) is 16.8 Å². The molecule has 0 spiro atoms. The van der Waals surface area contributed by atoms with Gasteiger partial charge in [-0.1, -0.05) is 54.1 Å². The number of nitrogens with zero attached hydrogens (tertiary/aromatic N) is 2. The standard InChI is InChI=1S/C22H15ClN2O3S/c23-17-8-6-16(7-9-17)19(12-15-4-2-1-3-5-15)21(27)28-14-18-13-20(26)25-10-11-29-22(25)24-18/h1-13H,14H2/b19-12+. The van der Waals surface area contributed by atoms with E-state index in [0.29, 0.717) is 26.8 Å². The molecule has 0 radical (unpaired) electrons. The van der Waals surface area contributed by atoms with Gasteiger partial charge in [-0.15, -0.1) is 11.3 Å². The van der Waals surface area contributed by atoms with Crippen LogP contribution in [0.25, 0.3) is 16.6 Å². The summed E-state index contributed by atoms with van der Waals surface area (Å²) in [4.78, 5) is 29.9. The molecule has 0 unspecified atom stereocenters. The first-order valence-electron chi connectivity index (χ1n) is 8.76. The highest BCUT2D eigenvalue weighted by molar-refractivity contribution is 7.15. The molecule has 2 aromatic carbocycles. The molecule has 29 heavy (non-hydrogen) atoms. The van der Waals surface area contributed by atoms with Crippen LogP contribution in [0.15, 0.2) is 77.0 Å². The van der Waals surface area contributed by atoms with Crippen LogP contribution in [0.4, 0.5) is 0 Å². The predicted molar refractivity (Wildman–Crippen MR) is 115 cm³/mol. The van der Waals surface area contributed by atoms with Crippen molar-refractivity contribution in [2.24, 2.45) is 0 Å². The van der Waals surface area contributed by atoms with E-state index in [1.165, 1.54) is 21.8 Å². The highest BCUT2D eigenvalue weighted by Gasteiger charge is 2.15. The fourth-order valence-corrected chi connectivity index (χ4v) is 3.65. The lowest BCUT2D eigenvalue weighted by atomic mass is 10.0. The van der Waals surface area contributed by atoms with E-state index in [9.17, 15) is 9.59 Å². The summed E-state index contributed by atoms with van der Waals surface area (Å²) in [6, 6.07) is 17.8. The molecule has 2 aromatic heterocycles. The van der Waals surface area contributed by atoms with Crippen LogP contribution in [-0.4, -0.2) is 15.4 Å². The van der Waals surface area contributed by atoms with Crippen molar-refractivity contribution in [2.75, 3.05) is 0 Å². The summed E-state index contributed by atoms with van der Waals surface area (Å²) in [5.74, 6) is -0.510. The van der Waals surface area contributed by atoms with Crippen molar-refractivity contribution in [1.82, 2.24) is 9.38 Å². The van der Waals surface area contributed by atoms with Gasteiger partial charge in [0.1, 0.15) is 6.61 Å². The van der Waals surface area contributed by atoms with Crippen LogP contribution >= 0.6 is 22.9 Å². The van der Waals surface area contributed by atoms with E-state index in [1.54, 1.807) is 41.9 Å².